The third-order valence-corrected chi connectivity index (χ3v) is 7.39. The molecule has 0 aromatic heterocycles. The molecule has 4 saturated carbocycles. The zero-order valence-corrected chi connectivity index (χ0v) is 18.2. The van der Waals surface area contributed by atoms with Crippen LogP contribution in [0.15, 0.2) is 30.3 Å². The highest BCUT2D eigenvalue weighted by atomic mass is 16.5. The molecule has 4 aliphatic carbocycles. The summed E-state index contributed by atoms with van der Waals surface area (Å²) in [5.41, 5.74) is 0.900. The number of benzene rings is 1. The molecule has 7 nitrogen and oxygen atoms in total. The highest BCUT2D eigenvalue weighted by Crippen LogP contribution is 2.61. The van der Waals surface area contributed by atoms with Crippen molar-refractivity contribution in [3.8, 4) is 0 Å². The van der Waals surface area contributed by atoms with Gasteiger partial charge in [0, 0.05) is 18.3 Å². The summed E-state index contributed by atoms with van der Waals surface area (Å²) in [6.45, 7) is 1.98. The molecule has 0 radical (unpaired) electrons. The van der Waals surface area contributed by atoms with Crippen LogP contribution in [0.5, 0.6) is 0 Å². The summed E-state index contributed by atoms with van der Waals surface area (Å²) in [5, 5.41) is 8.38. The van der Waals surface area contributed by atoms with Crippen molar-refractivity contribution in [3.63, 3.8) is 0 Å². The summed E-state index contributed by atoms with van der Waals surface area (Å²) in [7, 11) is 0. The van der Waals surface area contributed by atoms with Crippen LogP contribution in [0.2, 0.25) is 0 Å². The van der Waals surface area contributed by atoms with E-state index in [0.717, 1.165) is 17.8 Å². The molecule has 7 heteroatoms. The molecule has 0 unspecified atom stereocenters. The van der Waals surface area contributed by atoms with Gasteiger partial charge >= 0.3 is 12.0 Å². The lowest BCUT2D eigenvalue weighted by Crippen LogP contribution is -2.56. The van der Waals surface area contributed by atoms with E-state index in [9.17, 15) is 14.4 Å². The summed E-state index contributed by atoms with van der Waals surface area (Å²) in [4.78, 5) is 36.1. The molecule has 0 saturated heterocycles. The lowest BCUT2D eigenvalue weighted by atomic mass is 9.48. The molecular weight excluding hydrogens is 394 g/mol. The van der Waals surface area contributed by atoms with Crippen molar-refractivity contribution in [2.24, 2.45) is 23.2 Å². The molecule has 0 spiro atoms. The van der Waals surface area contributed by atoms with Crippen molar-refractivity contribution in [1.29, 1.82) is 0 Å². The monoisotopic (exact) mass is 427 g/mol. The van der Waals surface area contributed by atoms with Gasteiger partial charge in [0.1, 0.15) is 0 Å². The Kier molecular flexibility index (Phi) is 6.49. The van der Waals surface area contributed by atoms with Crippen molar-refractivity contribution in [1.82, 2.24) is 10.6 Å². The molecule has 1 atom stereocenters. The SMILES string of the molecule is C[C@@H](NC(=O)COC(=O)CCNC(=O)Nc1ccccc1)C12CC3CC(CC(C3)C1)C2. The number of rotatable bonds is 8. The predicted molar refractivity (Wildman–Crippen MR) is 117 cm³/mol. The molecule has 0 heterocycles. The lowest BCUT2D eigenvalue weighted by molar-refractivity contribution is -0.149. The summed E-state index contributed by atoms with van der Waals surface area (Å²) in [6, 6.07) is 8.77. The maximum atomic E-state index is 12.4. The molecule has 0 aliphatic heterocycles. The van der Waals surface area contributed by atoms with Crippen molar-refractivity contribution < 1.29 is 19.1 Å². The Morgan fingerprint density at radius 2 is 1.65 bits per heavy atom. The minimum Gasteiger partial charge on any atom is -0.456 e. The molecule has 31 heavy (non-hydrogen) atoms. The number of anilines is 1. The number of para-hydroxylation sites is 1. The van der Waals surface area contributed by atoms with Gasteiger partial charge in [-0.3, -0.25) is 9.59 Å². The number of hydrogen-bond acceptors (Lipinski definition) is 4. The quantitative estimate of drug-likeness (QED) is 0.554. The third-order valence-electron chi connectivity index (χ3n) is 7.39. The second-order valence-electron chi connectivity index (χ2n) is 9.73. The Bertz CT molecular complexity index is 775. The molecule has 4 bridgehead atoms. The molecule has 168 valence electrons. The maximum Gasteiger partial charge on any atom is 0.319 e. The van der Waals surface area contributed by atoms with Crippen molar-refractivity contribution in [2.45, 2.75) is 57.9 Å². The third kappa shape index (κ3) is 5.38. The van der Waals surface area contributed by atoms with Gasteiger partial charge in [0.15, 0.2) is 6.61 Å². The number of carbonyl (C=O) groups excluding carboxylic acids is 3. The Labute approximate surface area is 183 Å². The van der Waals surface area contributed by atoms with Gasteiger partial charge in [-0.05, 0) is 80.8 Å². The second kappa shape index (κ2) is 9.28. The zero-order chi connectivity index (χ0) is 21.8. The fraction of sp³-hybridized carbons (Fsp3) is 0.625. The minimum absolute atomic E-state index is 0.0139. The van der Waals surface area contributed by atoms with Crippen LogP contribution in [0.25, 0.3) is 0 Å². The first-order valence-electron chi connectivity index (χ1n) is 11.5. The van der Waals surface area contributed by atoms with E-state index in [2.05, 4.69) is 22.9 Å². The first-order chi connectivity index (χ1) is 14.9. The molecule has 4 fully saturated rings. The number of nitrogens with one attached hydrogen (secondary N) is 3. The van der Waals surface area contributed by atoms with Crippen molar-refractivity contribution >= 4 is 23.6 Å². The van der Waals surface area contributed by atoms with Crippen LogP contribution >= 0.6 is 0 Å². The molecule has 1 aromatic rings. The largest absolute Gasteiger partial charge is 0.456 e. The number of amides is 3. The first kappa shape index (κ1) is 21.7. The van der Waals surface area contributed by atoms with Gasteiger partial charge in [0.05, 0.1) is 6.42 Å². The number of carbonyl (C=O) groups is 3. The predicted octanol–water partition coefficient (Wildman–Crippen LogP) is 3.46. The molecule has 3 amide bonds. The normalized spacial score (nSPS) is 29.1. The van der Waals surface area contributed by atoms with Gasteiger partial charge in [-0.1, -0.05) is 18.2 Å². The first-order valence-corrected chi connectivity index (χ1v) is 11.5. The van der Waals surface area contributed by atoms with Crippen LogP contribution in [0.3, 0.4) is 0 Å². The average Bonchev–Trinajstić information content (AvgIpc) is 2.72. The van der Waals surface area contributed by atoms with Crippen molar-refractivity contribution in [2.75, 3.05) is 18.5 Å². The van der Waals surface area contributed by atoms with Crippen LogP contribution in [0.1, 0.15) is 51.9 Å². The Hall–Kier alpha value is -2.57. The van der Waals surface area contributed by atoms with Gasteiger partial charge < -0.3 is 20.7 Å². The van der Waals surface area contributed by atoms with Crippen LogP contribution in [0, 0.1) is 23.2 Å². The molecule has 4 aliphatic rings. The standard InChI is InChI=1S/C24H33N3O4/c1-16(24-12-17-9-18(13-24)11-19(10-17)14-24)26-21(28)15-31-22(29)7-8-25-23(30)27-20-5-3-2-4-6-20/h2-6,16-19H,7-15H2,1H3,(H,26,28)(H2,25,27,30)/t16-,17?,18?,19?,24?/m1/s1. The van der Waals surface area contributed by atoms with Gasteiger partial charge in [-0.15, -0.1) is 0 Å². The number of hydrogen-bond donors (Lipinski definition) is 3. The summed E-state index contributed by atoms with van der Waals surface area (Å²) >= 11 is 0. The van der Waals surface area contributed by atoms with E-state index in [-0.39, 0.29) is 43.0 Å². The number of ether oxygens (including phenoxy) is 1. The lowest BCUT2D eigenvalue weighted by Gasteiger charge is -2.59. The van der Waals surface area contributed by atoms with E-state index in [1.54, 1.807) is 12.1 Å². The Balaban J connectivity index is 1.13. The molecule has 3 N–H and O–H groups in total. The molecule has 5 rings (SSSR count). The van der Waals surface area contributed by atoms with E-state index in [0.29, 0.717) is 5.69 Å². The average molecular weight is 428 g/mol. The molecular formula is C24H33N3O4. The van der Waals surface area contributed by atoms with Crippen LogP contribution in [-0.2, 0) is 14.3 Å². The fourth-order valence-corrected chi connectivity index (χ4v) is 6.34. The van der Waals surface area contributed by atoms with Gasteiger partial charge in [0.2, 0.25) is 0 Å². The zero-order valence-electron chi connectivity index (χ0n) is 18.2. The second-order valence-corrected chi connectivity index (χ2v) is 9.73. The number of esters is 1. The highest BCUT2D eigenvalue weighted by Gasteiger charge is 2.53. The summed E-state index contributed by atoms with van der Waals surface area (Å²) in [5.74, 6) is 1.74. The van der Waals surface area contributed by atoms with Gasteiger partial charge in [0.25, 0.3) is 5.91 Å². The number of urea groups is 1. The maximum absolute atomic E-state index is 12.4. The fourth-order valence-electron chi connectivity index (χ4n) is 6.34. The van der Waals surface area contributed by atoms with Gasteiger partial charge in [-0.25, -0.2) is 4.79 Å². The van der Waals surface area contributed by atoms with E-state index >= 15 is 0 Å². The summed E-state index contributed by atoms with van der Waals surface area (Å²) in [6.07, 6.45) is 7.78. The Morgan fingerprint density at radius 3 is 2.26 bits per heavy atom. The van der Waals surface area contributed by atoms with Crippen LogP contribution in [-0.4, -0.2) is 37.1 Å². The van der Waals surface area contributed by atoms with E-state index < -0.39 is 5.97 Å². The van der Waals surface area contributed by atoms with E-state index in [4.69, 9.17) is 4.74 Å². The van der Waals surface area contributed by atoms with E-state index in [1.165, 1.54) is 38.5 Å². The van der Waals surface area contributed by atoms with E-state index in [1.807, 2.05) is 18.2 Å². The van der Waals surface area contributed by atoms with Crippen molar-refractivity contribution in [3.05, 3.63) is 30.3 Å². The van der Waals surface area contributed by atoms with Crippen LogP contribution in [0.4, 0.5) is 10.5 Å². The highest BCUT2D eigenvalue weighted by molar-refractivity contribution is 5.89. The van der Waals surface area contributed by atoms with Gasteiger partial charge in [-0.2, -0.15) is 0 Å². The Morgan fingerprint density at radius 1 is 1.03 bits per heavy atom. The smallest absolute Gasteiger partial charge is 0.319 e. The molecule has 1 aromatic carbocycles. The summed E-state index contributed by atoms with van der Waals surface area (Å²) < 4.78 is 5.10. The minimum atomic E-state index is -0.502. The van der Waals surface area contributed by atoms with Crippen LogP contribution < -0.4 is 16.0 Å². The topological polar surface area (TPSA) is 96.5 Å².